The normalized spacial score (nSPS) is 17.5. The van der Waals surface area contributed by atoms with E-state index in [4.69, 9.17) is 5.73 Å². The number of hydrogen-bond acceptors (Lipinski definition) is 4. The maximum atomic E-state index is 6.06. The Bertz CT molecular complexity index is 392. The molecule has 1 aliphatic rings. The molecule has 0 saturated heterocycles. The Morgan fingerprint density at radius 3 is 2.61 bits per heavy atom. The molecule has 0 amide bonds. The van der Waals surface area contributed by atoms with E-state index in [0.29, 0.717) is 6.29 Å². The minimum absolute atomic E-state index is 0.194. The van der Waals surface area contributed by atoms with Crippen molar-refractivity contribution in [1.82, 2.24) is 9.91 Å². The van der Waals surface area contributed by atoms with Crippen molar-refractivity contribution in [3.63, 3.8) is 0 Å². The molecule has 1 aromatic rings. The zero-order valence-electron chi connectivity index (χ0n) is 11.0. The molecule has 1 unspecified atom stereocenters. The summed E-state index contributed by atoms with van der Waals surface area (Å²) in [5, 5.41) is 5.91. The van der Waals surface area contributed by atoms with E-state index in [1.54, 1.807) is 11.3 Å². The average Bonchev–Trinajstić information content (AvgIpc) is 2.73. The van der Waals surface area contributed by atoms with Gasteiger partial charge in [-0.3, -0.25) is 15.6 Å². The van der Waals surface area contributed by atoms with Crippen molar-refractivity contribution < 1.29 is 4.57 Å². The van der Waals surface area contributed by atoms with Crippen LogP contribution in [0.1, 0.15) is 32.4 Å². The molecular weight excluding hydrogens is 226 g/mol. The SMILES string of the molecule is CCCCC(N1C=NN(C)[C]1N)[n+]1ccccc1. The van der Waals surface area contributed by atoms with E-state index in [2.05, 4.69) is 29.0 Å². The Balaban J connectivity index is 2.18. The van der Waals surface area contributed by atoms with E-state index < -0.39 is 0 Å². The molecule has 0 bridgehead atoms. The molecule has 2 N–H and O–H groups in total. The van der Waals surface area contributed by atoms with Crippen molar-refractivity contribution in [1.29, 1.82) is 0 Å². The van der Waals surface area contributed by atoms with Crippen LogP contribution in [-0.4, -0.2) is 23.3 Å². The fourth-order valence-electron chi connectivity index (χ4n) is 2.08. The standard InChI is InChI=1S/C13H21N5/c1-3-4-8-12(17-9-6-5-7-10-17)18-11-15-16(2)13(18)14/h5-7,9-12H,3-4,8,14H2,1-2H3/q+1. The number of hydrogen-bond donors (Lipinski definition) is 1. The second-order valence-corrected chi connectivity index (χ2v) is 4.47. The number of rotatable bonds is 5. The van der Waals surface area contributed by atoms with E-state index in [9.17, 15) is 0 Å². The summed E-state index contributed by atoms with van der Waals surface area (Å²) in [6.07, 6.45) is 10.2. The van der Waals surface area contributed by atoms with Gasteiger partial charge in [0.1, 0.15) is 6.34 Å². The molecule has 2 heterocycles. The van der Waals surface area contributed by atoms with Crippen LogP contribution in [0.2, 0.25) is 0 Å². The second kappa shape index (κ2) is 5.82. The van der Waals surface area contributed by atoms with Crippen LogP contribution in [0.15, 0.2) is 35.7 Å². The molecule has 97 valence electrons. The lowest BCUT2D eigenvalue weighted by Gasteiger charge is -2.26. The summed E-state index contributed by atoms with van der Waals surface area (Å²) < 4.78 is 2.17. The van der Waals surface area contributed by atoms with Gasteiger partial charge in [-0.25, -0.2) is 0 Å². The molecule has 5 heteroatoms. The summed E-state index contributed by atoms with van der Waals surface area (Å²) in [5.41, 5.74) is 6.06. The third-order valence-electron chi connectivity index (χ3n) is 3.17. The predicted molar refractivity (Wildman–Crippen MR) is 70.7 cm³/mol. The van der Waals surface area contributed by atoms with Gasteiger partial charge < -0.3 is 0 Å². The van der Waals surface area contributed by atoms with E-state index in [1.807, 2.05) is 30.1 Å². The van der Waals surface area contributed by atoms with Crippen LogP contribution in [0.25, 0.3) is 0 Å². The number of unbranched alkanes of at least 4 members (excludes halogenated alkanes) is 1. The van der Waals surface area contributed by atoms with Crippen LogP contribution in [-0.2, 0) is 0 Å². The first kappa shape index (κ1) is 12.8. The van der Waals surface area contributed by atoms with Crippen LogP contribution < -0.4 is 10.3 Å². The molecule has 1 aromatic heterocycles. The lowest BCUT2D eigenvalue weighted by Crippen LogP contribution is -2.52. The van der Waals surface area contributed by atoms with Gasteiger partial charge in [0, 0.05) is 25.6 Å². The number of aromatic nitrogens is 1. The molecule has 0 aromatic carbocycles. The number of hydrazone groups is 1. The fraction of sp³-hybridized carbons (Fsp3) is 0.462. The van der Waals surface area contributed by atoms with Crippen molar-refractivity contribution in [2.45, 2.75) is 32.4 Å². The highest BCUT2D eigenvalue weighted by molar-refractivity contribution is 5.58. The molecule has 1 atom stereocenters. The minimum Gasteiger partial charge on any atom is -0.285 e. The Morgan fingerprint density at radius 2 is 2.06 bits per heavy atom. The lowest BCUT2D eigenvalue weighted by atomic mass is 10.2. The van der Waals surface area contributed by atoms with Gasteiger partial charge >= 0.3 is 0 Å². The van der Waals surface area contributed by atoms with Crippen molar-refractivity contribution in [2.75, 3.05) is 7.05 Å². The maximum absolute atomic E-state index is 6.06. The van der Waals surface area contributed by atoms with Gasteiger partial charge in [0.25, 0.3) is 0 Å². The highest BCUT2D eigenvalue weighted by Gasteiger charge is 2.34. The van der Waals surface area contributed by atoms with E-state index in [0.717, 1.165) is 12.8 Å². The zero-order chi connectivity index (χ0) is 13.0. The summed E-state index contributed by atoms with van der Waals surface area (Å²) in [4.78, 5) is 2.02. The molecule has 0 saturated carbocycles. The van der Waals surface area contributed by atoms with Crippen LogP contribution in [0.5, 0.6) is 0 Å². The third kappa shape index (κ3) is 2.61. The minimum atomic E-state index is 0.194. The van der Waals surface area contributed by atoms with E-state index in [1.165, 1.54) is 6.42 Å². The molecule has 0 aliphatic carbocycles. The molecule has 1 aliphatic heterocycles. The summed E-state index contributed by atoms with van der Waals surface area (Å²) in [6, 6.07) is 6.09. The van der Waals surface area contributed by atoms with Gasteiger partial charge in [-0.2, -0.15) is 9.67 Å². The summed E-state index contributed by atoms with van der Waals surface area (Å²) >= 11 is 0. The first-order valence-electron chi connectivity index (χ1n) is 6.38. The highest BCUT2D eigenvalue weighted by atomic mass is 15.6. The largest absolute Gasteiger partial charge is 0.285 e. The predicted octanol–water partition coefficient (Wildman–Crippen LogP) is 1.26. The van der Waals surface area contributed by atoms with Crippen LogP contribution in [0.4, 0.5) is 0 Å². The molecular formula is C13H21N5+. The topological polar surface area (TPSA) is 48.7 Å². The smallest absolute Gasteiger partial charge is 0.247 e. The van der Waals surface area contributed by atoms with Crippen LogP contribution in [0, 0.1) is 6.29 Å². The van der Waals surface area contributed by atoms with Crippen LogP contribution >= 0.6 is 0 Å². The summed E-state index contributed by atoms with van der Waals surface area (Å²) in [7, 11) is 1.86. The van der Waals surface area contributed by atoms with Gasteiger partial charge in [-0.1, -0.05) is 19.4 Å². The molecule has 18 heavy (non-hydrogen) atoms. The first-order valence-corrected chi connectivity index (χ1v) is 6.38. The number of nitrogens with two attached hydrogens (primary N) is 1. The highest BCUT2D eigenvalue weighted by Crippen LogP contribution is 2.22. The van der Waals surface area contributed by atoms with Crippen molar-refractivity contribution >= 4 is 6.34 Å². The maximum Gasteiger partial charge on any atom is 0.247 e. The first-order chi connectivity index (χ1) is 8.74. The van der Waals surface area contributed by atoms with Gasteiger partial charge in [-0.15, -0.1) is 0 Å². The Morgan fingerprint density at radius 1 is 1.33 bits per heavy atom. The van der Waals surface area contributed by atoms with E-state index >= 15 is 0 Å². The van der Waals surface area contributed by atoms with Crippen molar-refractivity contribution in [3.05, 3.63) is 36.9 Å². The Hall–Kier alpha value is -1.62. The Kier molecular flexibility index (Phi) is 4.15. The third-order valence-corrected chi connectivity index (χ3v) is 3.17. The fourth-order valence-corrected chi connectivity index (χ4v) is 2.08. The monoisotopic (exact) mass is 247 g/mol. The molecule has 0 spiro atoms. The average molecular weight is 247 g/mol. The molecule has 1 radical (unpaired) electrons. The van der Waals surface area contributed by atoms with Gasteiger partial charge in [0.2, 0.25) is 12.5 Å². The second-order valence-electron chi connectivity index (χ2n) is 4.47. The van der Waals surface area contributed by atoms with Gasteiger partial charge in [0.15, 0.2) is 12.4 Å². The summed E-state index contributed by atoms with van der Waals surface area (Å²) in [6.45, 7) is 2.20. The quantitative estimate of drug-likeness (QED) is 0.797. The number of nitrogens with zero attached hydrogens (tertiary/aromatic N) is 4. The molecule has 0 fully saturated rings. The van der Waals surface area contributed by atoms with Gasteiger partial charge in [0.05, 0.1) is 0 Å². The van der Waals surface area contributed by atoms with Crippen molar-refractivity contribution in [2.24, 2.45) is 10.8 Å². The van der Waals surface area contributed by atoms with Gasteiger partial charge in [-0.05, 0) is 6.42 Å². The number of pyridine rings is 1. The Labute approximate surface area is 108 Å². The molecule has 2 rings (SSSR count). The lowest BCUT2D eigenvalue weighted by molar-refractivity contribution is -0.740. The van der Waals surface area contributed by atoms with E-state index in [-0.39, 0.29) is 6.17 Å². The van der Waals surface area contributed by atoms with Crippen LogP contribution in [0.3, 0.4) is 0 Å². The molecule has 5 nitrogen and oxygen atoms in total. The zero-order valence-corrected chi connectivity index (χ0v) is 11.0. The summed E-state index contributed by atoms with van der Waals surface area (Å²) in [5.74, 6) is 0. The van der Waals surface area contributed by atoms with Crippen molar-refractivity contribution in [3.8, 4) is 0 Å².